The van der Waals surface area contributed by atoms with E-state index in [9.17, 15) is 4.39 Å². The molecule has 0 aliphatic carbocycles. The van der Waals surface area contributed by atoms with Crippen LogP contribution in [-0.2, 0) is 13.1 Å². The van der Waals surface area contributed by atoms with Gasteiger partial charge in [-0.05, 0) is 41.1 Å². The molecule has 0 saturated carbocycles. The van der Waals surface area contributed by atoms with Crippen molar-refractivity contribution in [2.45, 2.75) is 26.4 Å². The van der Waals surface area contributed by atoms with Gasteiger partial charge in [0.25, 0.3) is 0 Å². The van der Waals surface area contributed by atoms with E-state index in [0.29, 0.717) is 0 Å². The number of halogens is 1. The predicted octanol–water partition coefficient (Wildman–Crippen LogP) is 1.54. The fourth-order valence-electron chi connectivity index (χ4n) is 2.74. The highest BCUT2D eigenvalue weighted by molar-refractivity contribution is 5.46. The summed E-state index contributed by atoms with van der Waals surface area (Å²) in [7, 11) is 0. The molecular formula is C15H21FN6. The van der Waals surface area contributed by atoms with E-state index < -0.39 is 0 Å². The summed E-state index contributed by atoms with van der Waals surface area (Å²) in [4.78, 5) is 4.64. The molecule has 1 saturated heterocycles. The number of tetrazole rings is 1. The quantitative estimate of drug-likeness (QED) is 0.839. The molecule has 1 aromatic carbocycles. The lowest BCUT2D eigenvalue weighted by Crippen LogP contribution is -2.46. The van der Waals surface area contributed by atoms with E-state index in [-0.39, 0.29) is 5.82 Å². The average molecular weight is 304 g/mol. The van der Waals surface area contributed by atoms with Crippen LogP contribution in [0.5, 0.6) is 0 Å². The first kappa shape index (κ1) is 14.9. The third kappa shape index (κ3) is 3.41. The van der Waals surface area contributed by atoms with Gasteiger partial charge in [0.15, 0.2) is 5.82 Å². The Morgan fingerprint density at radius 1 is 1.09 bits per heavy atom. The molecule has 1 fully saturated rings. The molecule has 118 valence electrons. The molecule has 1 aliphatic heterocycles. The smallest absolute Gasteiger partial charge is 0.165 e. The van der Waals surface area contributed by atoms with E-state index in [1.165, 1.54) is 12.1 Å². The minimum atomic E-state index is -0.190. The Balaban J connectivity index is 1.55. The lowest BCUT2D eigenvalue weighted by atomic mass is 10.2. The topological polar surface area (TPSA) is 50.1 Å². The van der Waals surface area contributed by atoms with E-state index in [0.717, 1.165) is 57.2 Å². The molecule has 0 N–H and O–H groups in total. The van der Waals surface area contributed by atoms with E-state index >= 15 is 0 Å². The second-order valence-electron chi connectivity index (χ2n) is 5.56. The summed E-state index contributed by atoms with van der Waals surface area (Å²) in [5.74, 6) is 0.738. The number of piperazine rings is 1. The number of anilines is 1. The van der Waals surface area contributed by atoms with Crippen molar-refractivity contribution in [2.24, 2.45) is 0 Å². The summed E-state index contributed by atoms with van der Waals surface area (Å²) in [6.07, 6.45) is 1.02. The number of hydrogen-bond acceptors (Lipinski definition) is 5. The van der Waals surface area contributed by atoms with Gasteiger partial charge in [0, 0.05) is 38.4 Å². The maximum Gasteiger partial charge on any atom is 0.165 e. The Labute approximate surface area is 129 Å². The first-order chi connectivity index (χ1) is 10.8. The second-order valence-corrected chi connectivity index (χ2v) is 5.56. The summed E-state index contributed by atoms with van der Waals surface area (Å²) in [6, 6.07) is 6.71. The largest absolute Gasteiger partial charge is 0.369 e. The first-order valence-corrected chi connectivity index (χ1v) is 7.74. The normalized spacial score (nSPS) is 16.2. The van der Waals surface area contributed by atoms with Crippen LogP contribution in [0.3, 0.4) is 0 Å². The Morgan fingerprint density at radius 2 is 1.82 bits per heavy atom. The Kier molecular flexibility index (Phi) is 4.62. The average Bonchev–Trinajstić information content (AvgIpc) is 2.97. The molecule has 0 amide bonds. The van der Waals surface area contributed by atoms with Crippen LogP contribution in [0.2, 0.25) is 0 Å². The standard InChI is InChI=1S/C15H21FN6/c1-2-7-22-15(17-18-19-22)12-20-8-10-21(11-9-20)14-5-3-13(16)4-6-14/h3-6H,2,7-12H2,1H3. The van der Waals surface area contributed by atoms with E-state index in [1.54, 1.807) is 0 Å². The van der Waals surface area contributed by atoms with Gasteiger partial charge in [0.2, 0.25) is 0 Å². The van der Waals surface area contributed by atoms with Crippen molar-refractivity contribution in [3.05, 3.63) is 35.9 Å². The second kappa shape index (κ2) is 6.83. The molecule has 1 aliphatic rings. The maximum atomic E-state index is 13.0. The number of nitrogens with zero attached hydrogens (tertiary/aromatic N) is 6. The van der Waals surface area contributed by atoms with Gasteiger partial charge in [-0.25, -0.2) is 9.07 Å². The molecule has 2 heterocycles. The van der Waals surface area contributed by atoms with Gasteiger partial charge in [-0.15, -0.1) is 5.10 Å². The molecule has 22 heavy (non-hydrogen) atoms. The fraction of sp³-hybridized carbons (Fsp3) is 0.533. The van der Waals surface area contributed by atoms with Gasteiger partial charge in [0.1, 0.15) is 5.82 Å². The zero-order chi connectivity index (χ0) is 15.4. The zero-order valence-corrected chi connectivity index (χ0v) is 12.8. The van der Waals surface area contributed by atoms with E-state index in [1.807, 2.05) is 16.8 Å². The zero-order valence-electron chi connectivity index (χ0n) is 12.8. The lowest BCUT2D eigenvalue weighted by molar-refractivity contribution is 0.239. The van der Waals surface area contributed by atoms with E-state index in [2.05, 4.69) is 32.2 Å². The Morgan fingerprint density at radius 3 is 2.50 bits per heavy atom. The highest BCUT2D eigenvalue weighted by Crippen LogP contribution is 2.17. The van der Waals surface area contributed by atoms with Crippen molar-refractivity contribution >= 4 is 5.69 Å². The molecule has 1 aromatic heterocycles. The molecule has 6 nitrogen and oxygen atoms in total. The molecule has 2 aromatic rings. The van der Waals surface area contributed by atoms with E-state index in [4.69, 9.17) is 0 Å². The first-order valence-electron chi connectivity index (χ1n) is 7.74. The third-order valence-electron chi connectivity index (χ3n) is 3.97. The molecule has 7 heteroatoms. The van der Waals surface area contributed by atoms with Crippen LogP contribution in [0.4, 0.5) is 10.1 Å². The Bertz CT molecular complexity index is 588. The van der Waals surface area contributed by atoms with Crippen LogP contribution in [0.25, 0.3) is 0 Å². The van der Waals surface area contributed by atoms with Gasteiger partial charge in [-0.3, -0.25) is 4.90 Å². The Hall–Kier alpha value is -2.02. The summed E-state index contributed by atoms with van der Waals surface area (Å²) in [5.41, 5.74) is 1.08. The summed E-state index contributed by atoms with van der Waals surface area (Å²) in [6.45, 7) is 7.53. The van der Waals surface area contributed by atoms with Crippen LogP contribution in [-0.4, -0.2) is 51.3 Å². The summed E-state index contributed by atoms with van der Waals surface area (Å²) in [5, 5.41) is 11.9. The number of aromatic nitrogens is 4. The monoisotopic (exact) mass is 304 g/mol. The molecule has 0 radical (unpaired) electrons. The summed E-state index contributed by atoms with van der Waals surface area (Å²) < 4.78 is 14.9. The van der Waals surface area contributed by atoms with Crippen molar-refractivity contribution < 1.29 is 4.39 Å². The maximum absolute atomic E-state index is 13.0. The van der Waals surface area contributed by atoms with Crippen LogP contribution < -0.4 is 4.90 Å². The SMILES string of the molecule is CCCn1nnnc1CN1CCN(c2ccc(F)cc2)CC1. The van der Waals surface area contributed by atoms with Crippen molar-refractivity contribution in [3.8, 4) is 0 Å². The minimum absolute atomic E-state index is 0.190. The third-order valence-corrected chi connectivity index (χ3v) is 3.97. The van der Waals surface area contributed by atoms with Crippen LogP contribution in [0, 0.1) is 5.82 Å². The van der Waals surface area contributed by atoms with Crippen LogP contribution in [0.1, 0.15) is 19.2 Å². The molecule has 0 unspecified atom stereocenters. The van der Waals surface area contributed by atoms with Crippen molar-refractivity contribution in [1.82, 2.24) is 25.1 Å². The van der Waals surface area contributed by atoms with Crippen molar-refractivity contribution in [3.63, 3.8) is 0 Å². The van der Waals surface area contributed by atoms with Gasteiger partial charge in [0.05, 0.1) is 6.54 Å². The lowest BCUT2D eigenvalue weighted by Gasteiger charge is -2.35. The van der Waals surface area contributed by atoms with Gasteiger partial charge in [-0.2, -0.15) is 0 Å². The molecule has 0 spiro atoms. The number of benzene rings is 1. The number of hydrogen-bond donors (Lipinski definition) is 0. The van der Waals surface area contributed by atoms with Crippen molar-refractivity contribution in [2.75, 3.05) is 31.1 Å². The summed E-state index contributed by atoms with van der Waals surface area (Å²) >= 11 is 0. The van der Waals surface area contributed by atoms with Gasteiger partial charge >= 0.3 is 0 Å². The minimum Gasteiger partial charge on any atom is -0.369 e. The number of rotatable bonds is 5. The molecule has 0 bridgehead atoms. The highest BCUT2D eigenvalue weighted by atomic mass is 19.1. The molecular weight excluding hydrogens is 283 g/mol. The van der Waals surface area contributed by atoms with Crippen molar-refractivity contribution in [1.29, 1.82) is 0 Å². The molecule has 0 atom stereocenters. The number of aryl methyl sites for hydroxylation is 1. The van der Waals surface area contributed by atoms with Gasteiger partial charge in [-0.1, -0.05) is 6.92 Å². The van der Waals surface area contributed by atoms with Crippen LogP contribution >= 0.6 is 0 Å². The van der Waals surface area contributed by atoms with Crippen LogP contribution in [0.15, 0.2) is 24.3 Å². The molecule has 3 rings (SSSR count). The highest BCUT2D eigenvalue weighted by Gasteiger charge is 2.19. The van der Waals surface area contributed by atoms with Gasteiger partial charge < -0.3 is 4.90 Å². The fourth-order valence-corrected chi connectivity index (χ4v) is 2.74. The predicted molar refractivity (Wildman–Crippen MR) is 82.0 cm³/mol.